The summed E-state index contributed by atoms with van der Waals surface area (Å²) in [6.07, 6.45) is 0. The summed E-state index contributed by atoms with van der Waals surface area (Å²) >= 11 is 0. The van der Waals surface area contributed by atoms with Gasteiger partial charge in [0.1, 0.15) is 5.82 Å². The molecule has 0 aliphatic heterocycles. The number of carbonyl (C=O) groups is 1. The van der Waals surface area contributed by atoms with Crippen molar-refractivity contribution < 1.29 is 4.79 Å². The molecule has 2 rings (SSSR count). The van der Waals surface area contributed by atoms with Crippen LogP contribution in [0.1, 0.15) is 35.9 Å². The quantitative estimate of drug-likeness (QED) is 0.916. The molecule has 19 heavy (non-hydrogen) atoms. The highest BCUT2D eigenvalue weighted by atomic mass is 16.2. The molecular formula is C14H18N4O. The zero-order valence-corrected chi connectivity index (χ0v) is 11.6. The third kappa shape index (κ3) is 2.81. The molecule has 1 aromatic carbocycles. The molecule has 5 nitrogen and oxygen atoms in total. The molecule has 1 amide bonds. The van der Waals surface area contributed by atoms with Crippen LogP contribution in [0.3, 0.4) is 0 Å². The van der Waals surface area contributed by atoms with Crippen LogP contribution in [0.2, 0.25) is 0 Å². The second kappa shape index (κ2) is 5.22. The second-order valence-electron chi connectivity index (χ2n) is 4.81. The molecule has 1 heterocycles. The van der Waals surface area contributed by atoms with Crippen LogP contribution in [0, 0.1) is 13.8 Å². The predicted molar refractivity (Wildman–Crippen MR) is 73.4 cm³/mol. The number of carbonyl (C=O) groups excluding carboxylic acids is 1. The van der Waals surface area contributed by atoms with Crippen LogP contribution in [-0.2, 0) is 0 Å². The number of nitrogens with zero attached hydrogens (tertiary/aromatic N) is 3. The summed E-state index contributed by atoms with van der Waals surface area (Å²) in [7, 11) is 0. The first-order valence-electron chi connectivity index (χ1n) is 6.29. The van der Waals surface area contributed by atoms with Gasteiger partial charge >= 0.3 is 0 Å². The third-order valence-electron chi connectivity index (χ3n) is 2.74. The van der Waals surface area contributed by atoms with E-state index < -0.39 is 0 Å². The fourth-order valence-corrected chi connectivity index (χ4v) is 1.84. The molecule has 100 valence electrons. The van der Waals surface area contributed by atoms with Crippen LogP contribution in [0.15, 0.2) is 24.3 Å². The Morgan fingerprint density at radius 3 is 2.58 bits per heavy atom. The van der Waals surface area contributed by atoms with Crippen molar-refractivity contribution in [2.75, 3.05) is 0 Å². The van der Waals surface area contributed by atoms with Crippen molar-refractivity contribution in [3.05, 3.63) is 41.5 Å². The highest BCUT2D eigenvalue weighted by Crippen LogP contribution is 2.14. The van der Waals surface area contributed by atoms with Crippen molar-refractivity contribution >= 4 is 5.91 Å². The predicted octanol–water partition coefficient (Wildman–Crippen LogP) is 2.02. The van der Waals surface area contributed by atoms with Crippen LogP contribution in [0.4, 0.5) is 0 Å². The Morgan fingerprint density at radius 1 is 1.26 bits per heavy atom. The Balaban J connectivity index is 2.37. The van der Waals surface area contributed by atoms with Gasteiger partial charge < -0.3 is 5.32 Å². The van der Waals surface area contributed by atoms with E-state index in [1.165, 1.54) is 0 Å². The molecule has 1 N–H and O–H groups in total. The lowest BCUT2D eigenvalue weighted by Crippen LogP contribution is -2.31. The number of rotatable bonds is 3. The van der Waals surface area contributed by atoms with Gasteiger partial charge in [-0.2, -0.15) is 0 Å². The lowest BCUT2D eigenvalue weighted by molar-refractivity contribution is 0.0932. The van der Waals surface area contributed by atoms with E-state index in [1.807, 2.05) is 52.0 Å². The van der Waals surface area contributed by atoms with Gasteiger partial charge in [-0.3, -0.25) is 4.79 Å². The highest BCUT2D eigenvalue weighted by Gasteiger charge is 2.16. The first-order chi connectivity index (χ1) is 8.99. The largest absolute Gasteiger partial charge is 0.347 e. The molecule has 0 spiro atoms. The molecule has 5 heteroatoms. The summed E-state index contributed by atoms with van der Waals surface area (Å²) in [6.45, 7) is 7.65. The molecule has 0 aliphatic rings. The number of aromatic nitrogens is 3. The van der Waals surface area contributed by atoms with E-state index in [9.17, 15) is 4.79 Å². The Morgan fingerprint density at radius 2 is 1.95 bits per heavy atom. The Labute approximate surface area is 112 Å². The molecule has 0 atom stereocenters. The molecular weight excluding hydrogens is 240 g/mol. The maximum Gasteiger partial charge on any atom is 0.291 e. The standard InChI is InChI=1S/C14H18N4O/c1-9(2)15-14(19)13-16-11(4)18(17-13)12-8-6-5-7-10(12)3/h5-9H,1-4H3,(H,15,19). The first kappa shape index (κ1) is 13.3. The number of hydrogen-bond acceptors (Lipinski definition) is 3. The third-order valence-corrected chi connectivity index (χ3v) is 2.74. The molecule has 0 saturated carbocycles. The molecule has 0 radical (unpaired) electrons. The zero-order valence-electron chi connectivity index (χ0n) is 11.6. The Kier molecular flexibility index (Phi) is 3.64. The summed E-state index contributed by atoms with van der Waals surface area (Å²) in [6, 6.07) is 7.94. The minimum Gasteiger partial charge on any atom is -0.347 e. The van der Waals surface area contributed by atoms with Crippen molar-refractivity contribution in [1.82, 2.24) is 20.1 Å². The summed E-state index contributed by atoms with van der Waals surface area (Å²) in [5.41, 5.74) is 2.03. The van der Waals surface area contributed by atoms with Crippen LogP contribution in [-0.4, -0.2) is 26.7 Å². The zero-order chi connectivity index (χ0) is 14.0. The molecule has 0 bridgehead atoms. The number of hydrogen-bond donors (Lipinski definition) is 1. The van der Waals surface area contributed by atoms with Gasteiger partial charge in [0.2, 0.25) is 5.82 Å². The summed E-state index contributed by atoms with van der Waals surface area (Å²) < 4.78 is 1.70. The topological polar surface area (TPSA) is 59.8 Å². The minimum absolute atomic E-state index is 0.0678. The maximum absolute atomic E-state index is 11.9. The number of benzene rings is 1. The highest BCUT2D eigenvalue weighted by molar-refractivity contribution is 5.90. The molecule has 0 unspecified atom stereocenters. The number of aryl methyl sites for hydroxylation is 2. The van der Waals surface area contributed by atoms with E-state index in [4.69, 9.17) is 0 Å². The lowest BCUT2D eigenvalue weighted by Gasteiger charge is -2.06. The van der Waals surface area contributed by atoms with Crippen LogP contribution < -0.4 is 5.32 Å². The molecule has 1 aromatic heterocycles. The molecule has 0 fully saturated rings. The molecule has 2 aromatic rings. The van der Waals surface area contributed by atoms with Crippen LogP contribution in [0.5, 0.6) is 0 Å². The average molecular weight is 258 g/mol. The van der Waals surface area contributed by atoms with Crippen molar-refractivity contribution in [3.63, 3.8) is 0 Å². The summed E-state index contributed by atoms with van der Waals surface area (Å²) in [4.78, 5) is 16.1. The molecule has 0 aliphatic carbocycles. The van der Waals surface area contributed by atoms with E-state index in [1.54, 1.807) is 4.68 Å². The van der Waals surface area contributed by atoms with E-state index in [-0.39, 0.29) is 17.8 Å². The van der Waals surface area contributed by atoms with E-state index in [0.29, 0.717) is 5.82 Å². The maximum atomic E-state index is 11.9. The van der Waals surface area contributed by atoms with Crippen molar-refractivity contribution in [1.29, 1.82) is 0 Å². The normalized spacial score (nSPS) is 10.8. The number of amides is 1. The monoisotopic (exact) mass is 258 g/mol. The van der Waals surface area contributed by atoms with Gasteiger partial charge in [-0.05, 0) is 39.3 Å². The van der Waals surface area contributed by atoms with Crippen molar-refractivity contribution in [2.45, 2.75) is 33.7 Å². The number of para-hydroxylation sites is 1. The summed E-state index contributed by atoms with van der Waals surface area (Å²) in [5, 5.41) is 7.08. The van der Waals surface area contributed by atoms with E-state index in [2.05, 4.69) is 15.4 Å². The first-order valence-corrected chi connectivity index (χ1v) is 6.29. The average Bonchev–Trinajstić information content (AvgIpc) is 2.71. The van der Waals surface area contributed by atoms with Crippen LogP contribution >= 0.6 is 0 Å². The molecule has 0 saturated heterocycles. The van der Waals surface area contributed by atoms with Gasteiger partial charge in [-0.15, -0.1) is 5.10 Å². The Bertz CT molecular complexity index is 601. The van der Waals surface area contributed by atoms with E-state index in [0.717, 1.165) is 11.3 Å². The van der Waals surface area contributed by atoms with Crippen molar-refractivity contribution in [2.24, 2.45) is 0 Å². The van der Waals surface area contributed by atoms with E-state index >= 15 is 0 Å². The van der Waals surface area contributed by atoms with Crippen molar-refractivity contribution in [3.8, 4) is 5.69 Å². The lowest BCUT2D eigenvalue weighted by atomic mass is 10.2. The fraction of sp³-hybridized carbons (Fsp3) is 0.357. The van der Waals surface area contributed by atoms with Gasteiger partial charge in [0.25, 0.3) is 5.91 Å². The van der Waals surface area contributed by atoms with Crippen LogP contribution in [0.25, 0.3) is 5.69 Å². The fourth-order valence-electron chi connectivity index (χ4n) is 1.84. The smallest absolute Gasteiger partial charge is 0.291 e. The van der Waals surface area contributed by atoms with Gasteiger partial charge in [-0.1, -0.05) is 18.2 Å². The Hall–Kier alpha value is -2.17. The minimum atomic E-state index is -0.245. The SMILES string of the molecule is Cc1ccccc1-n1nc(C(=O)NC(C)C)nc1C. The summed E-state index contributed by atoms with van der Waals surface area (Å²) in [5.74, 6) is 0.656. The second-order valence-corrected chi connectivity index (χ2v) is 4.81. The van der Waals surface area contributed by atoms with Gasteiger partial charge in [0.05, 0.1) is 5.69 Å². The van der Waals surface area contributed by atoms with Gasteiger partial charge in [0.15, 0.2) is 0 Å². The van der Waals surface area contributed by atoms with Gasteiger partial charge in [0, 0.05) is 6.04 Å². The number of nitrogens with one attached hydrogen (secondary N) is 1. The van der Waals surface area contributed by atoms with Gasteiger partial charge in [-0.25, -0.2) is 9.67 Å².